The van der Waals surface area contributed by atoms with Gasteiger partial charge < -0.3 is 15.1 Å². The van der Waals surface area contributed by atoms with E-state index in [2.05, 4.69) is 34.9 Å². The minimum atomic E-state index is 0.568. The van der Waals surface area contributed by atoms with E-state index in [0.717, 1.165) is 19.6 Å². The lowest BCUT2D eigenvalue weighted by Gasteiger charge is -2.10. The van der Waals surface area contributed by atoms with Crippen LogP contribution >= 0.6 is 0 Å². The van der Waals surface area contributed by atoms with E-state index in [1.54, 1.807) is 12.5 Å². The highest BCUT2D eigenvalue weighted by Crippen LogP contribution is 2.30. The Morgan fingerprint density at radius 1 is 1.29 bits per heavy atom. The second kappa shape index (κ2) is 4.63. The molecule has 1 aliphatic rings. The van der Waals surface area contributed by atoms with Crippen LogP contribution in [-0.4, -0.2) is 13.1 Å². The molecule has 3 rings (SSSR count). The van der Waals surface area contributed by atoms with Gasteiger partial charge in [-0.1, -0.05) is 18.2 Å². The summed E-state index contributed by atoms with van der Waals surface area (Å²) < 4.78 is 5.04. The van der Waals surface area contributed by atoms with Crippen LogP contribution in [0.2, 0.25) is 0 Å². The van der Waals surface area contributed by atoms with Crippen LogP contribution in [0.4, 0.5) is 5.69 Å². The molecule has 0 radical (unpaired) electrons. The van der Waals surface area contributed by atoms with Crippen LogP contribution in [-0.2, 0) is 6.54 Å². The highest BCUT2D eigenvalue weighted by Gasteiger charge is 2.20. The molecule has 0 saturated heterocycles. The maximum Gasteiger partial charge on any atom is 0.0947 e. The molecule has 2 heterocycles. The van der Waals surface area contributed by atoms with Crippen molar-refractivity contribution in [3.63, 3.8) is 0 Å². The lowest BCUT2D eigenvalue weighted by molar-refractivity contribution is 0.557. The van der Waals surface area contributed by atoms with Crippen molar-refractivity contribution >= 4 is 5.69 Å². The third-order valence-electron chi connectivity index (χ3n) is 3.24. The Bertz CT molecular complexity index is 479. The van der Waals surface area contributed by atoms with Gasteiger partial charge in [0.1, 0.15) is 0 Å². The first-order valence-electron chi connectivity index (χ1n) is 5.98. The number of anilines is 1. The van der Waals surface area contributed by atoms with Crippen LogP contribution in [0.1, 0.15) is 17.0 Å². The molecule has 1 unspecified atom stereocenters. The molecular formula is C14H16N2O. The predicted octanol–water partition coefficient (Wildman–Crippen LogP) is 2.58. The molecule has 1 atom stereocenters. The number of furan rings is 1. The summed E-state index contributed by atoms with van der Waals surface area (Å²) >= 11 is 0. The highest BCUT2D eigenvalue weighted by molar-refractivity contribution is 5.57. The molecular weight excluding hydrogens is 212 g/mol. The van der Waals surface area contributed by atoms with Gasteiger partial charge in [0.25, 0.3) is 0 Å². The quantitative estimate of drug-likeness (QED) is 0.844. The van der Waals surface area contributed by atoms with Crippen molar-refractivity contribution in [2.45, 2.75) is 12.5 Å². The summed E-state index contributed by atoms with van der Waals surface area (Å²) in [6.45, 7) is 2.89. The van der Waals surface area contributed by atoms with Crippen molar-refractivity contribution in [2.24, 2.45) is 0 Å². The number of para-hydroxylation sites is 1. The normalized spacial score (nSPS) is 17.8. The molecule has 1 aromatic heterocycles. The zero-order chi connectivity index (χ0) is 11.5. The zero-order valence-electron chi connectivity index (χ0n) is 9.65. The van der Waals surface area contributed by atoms with Crippen LogP contribution in [0.5, 0.6) is 0 Å². The standard InChI is InChI=1S/C14H16N2O/c1-2-4-14-13(3-1)12(9-16-14)8-15-7-11-5-6-17-10-11/h1-6,10,12,15-16H,7-9H2. The van der Waals surface area contributed by atoms with E-state index in [1.165, 1.54) is 16.8 Å². The first-order chi connectivity index (χ1) is 8.43. The van der Waals surface area contributed by atoms with Gasteiger partial charge in [0.05, 0.1) is 12.5 Å². The summed E-state index contributed by atoms with van der Waals surface area (Å²) in [6.07, 6.45) is 3.50. The van der Waals surface area contributed by atoms with Gasteiger partial charge in [0, 0.05) is 36.8 Å². The number of nitrogens with one attached hydrogen (secondary N) is 2. The van der Waals surface area contributed by atoms with Gasteiger partial charge in [-0.05, 0) is 17.7 Å². The number of hydrogen-bond donors (Lipinski definition) is 2. The Morgan fingerprint density at radius 2 is 2.24 bits per heavy atom. The van der Waals surface area contributed by atoms with Gasteiger partial charge in [-0.3, -0.25) is 0 Å². The van der Waals surface area contributed by atoms with E-state index in [4.69, 9.17) is 4.42 Å². The lowest BCUT2D eigenvalue weighted by atomic mass is 10.0. The molecule has 2 N–H and O–H groups in total. The molecule has 0 saturated carbocycles. The van der Waals surface area contributed by atoms with Crippen molar-refractivity contribution in [3.8, 4) is 0 Å². The van der Waals surface area contributed by atoms with Crippen molar-refractivity contribution in [2.75, 3.05) is 18.4 Å². The monoisotopic (exact) mass is 228 g/mol. The Kier molecular flexibility index (Phi) is 2.84. The second-order valence-corrected chi connectivity index (χ2v) is 4.43. The number of hydrogen-bond acceptors (Lipinski definition) is 3. The topological polar surface area (TPSA) is 37.2 Å². The zero-order valence-corrected chi connectivity index (χ0v) is 9.65. The Hall–Kier alpha value is -1.74. The fourth-order valence-corrected chi connectivity index (χ4v) is 2.32. The molecule has 88 valence electrons. The maximum absolute atomic E-state index is 5.04. The van der Waals surface area contributed by atoms with Crippen molar-refractivity contribution < 1.29 is 4.42 Å². The predicted molar refractivity (Wildman–Crippen MR) is 68.1 cm³/mol. The Labute approximate surface area is 101 Å². The largest absolute Gasteiger partial charge is 0.472 e. The molecule has 0 fully saturated rings. The summed E-state index contributed by atoms with van der Waals surface area (Å²) in [4.78, 5) is 0. The average molecular weight is 228 g/mol. The van der Waals surface area contributed by atoms with E-state index in [-0.39, 0.29) is 0 Å². The van der Waals surface area contributed by atoms with E-state index in [0.29, 0.717) is 5.92 Å². The van der Waals surface area contributed by atoms with Crippen LogP contribution in [0.3, 0.4) is 0 Å². The molecule has 3 heteroatoms. The third-order valence-corrected chi connectivity index (χ3v) is 3.24. The summed E-state index contributed by atoms with van der Waals surface area (Å²) in [5.41, 5.74) is 3.90. The van der Waals surface area contributed by atoms with Gasteiger partial charge in [-0.15, -0.1) is 0 Å². The number of rotatable bonds is 4. The molecule has 2 aromatic rings. The fraction of sp³-hybridized carbons (Fsp3) is 0.286. The van der Waals surface area contributed by atoms with Crippen molar-refractivity contribution in [1.29, 1.82) is 0 Å². The summed E-state index contributed by atoms with van der Waals surface area (Å²) in [6, 6.07) is 10.5. The smallest absolute Gasteiger partial charge is 0.0947 e. The van der Waals surface area contributed by atoms with Crippen LogP contribution in [0.25, 0.3) is 0 Å². The lowest BCUT2D eigenvalue weighted by Crippen LogP contribution is -2.22. The first-order valence-corrected chi connectivity index (χ1v) is 5.98. The van der Waals surface area contributed by atoms with Gasteiger partial charge in [0.2, 0.25) is 0 Å². The molecule has 0 spiro atoms. The summed E-state index contributed by atoms with van der Waals surface area (Å²) in [7, 11) is 0. The van der Waals surface area contributed by atoms with Gasteiger partial charge in [-0.25, -0.2) is 0 Å². The van der Waals surface area contributed by atoms with Crippen LogP contribution in [0, 0.1) is 0 Å². The van der Waals surface area contributed by atoms with Gasteiger partial charge >= 0.3 is 0 Å². The fourth-order valence-electron chi connectivity index (χ4n) is 2.32. The van der Waals surface area contributed by atoms with Crippen LogP contribution in [0.15, 0.2) is 47.3 Å². The highest BCUT2D eigenvalue weighted by atomic mass is 16.3. The molecule has 0 aliphatic carbocycles. The minimum Gasteiger partial charge on any atom is -0.472 e. The molecule has 17 heavy (non-hydrogen) atoms. The average Bonchev–Trinajstić information content (AvgIpc) is 2.99. The number of fused-ring (bicyclic) bond motifs is 1. The van der Waals surface area contributed by atoms with Gasteiger partial charge in [-0.2, -0.15) is 0 Å². The third kappa shape index (κ3) is 2.19. The van der Waals surface area contributed by atoms with E-state index in [9.17, 15) is 0 Å². The SMILES string of the molecule is c1ccc2c(c1)NCC2CNCc1ccoc1. The molecule has 0 amide bonds. The maximum atomic E-state index is 5.04. The van der Waals surface area contributed by atoms with E-state index < -0.39 is 0 Å². The van der Waals surface area contributed by atoms with Crippen molar-refractivity contribution in [3.05, 3.63) is 54.0 Å². The minimum absolute atomic E-state index is 0.568. The molecule has 3 nitrogen and oxygen atoms in total. The van der Waals surface area contributed by atoms with Gasteiger partial charge in [0.15, 0.2) is 0 Å². The van der Waals surface area contributed by atoms with Crippen LogP contribution < -0.4 is 10.6 Å². The number of benzene rings is 1. The van der Waals surface area contributed by atoms with E-state index >= 15 is 0 Å². The molecule has 0 bridgehead atoms. The molecule has 1 aliphatic heterocycles. The second-order valence-electron chi connectivity index (χ2n) is 4.43. The summed E-state index contributed by atoms with van der Waals surface area (Å²) in [5, 5.41) is 6.91. The first kappa shape index (κ1) is 10.4. The summed E-state index contributed by atoms with van der Waals surface area (Å²) in [5.74, 6) is 0.568. The van der Waals surface area contributed by atoms with Crippen molar-refractivity contribution in [1.82, 2.24) is 5.32 Å². The molecule has 1 aromatic carbocycles. The Balaban J connectivity index is 1.57. The van der Waals surface area contributed by atoms with E-state index in [1.807, 2.05) is 6.07 Å². The Morgan fingerprint density at radius 3 is 3.12 bits per heavy atom.